The maximum atomic E-state index is 12.5. The van der Waals surface area contributed by atoms with Crippen molar-refractivity contribution in [2.75, 3.05) is 18.0 Å². The molecular formula is C19H29N3O2. The highest BCUT2D eigenvalue weighted by Crippen LogP contribution is 2.34. The minimum absolute atomic E-state index is 0.233. The van der Waals surface area contributed by atoms with E-state index in [0.29, 0.717) is 11.9 Å². The van der Waals surface area contributed by atoms with Gasteiger partial charge in [-0.2, -0.15) is 0 Å². The van der Waals surface area contributed by atoms with E-state index in [4.69, 9.17) is 4.74 Å². The van der Waals surface area contributed by atoms with Crippen LogP contribution in [-0.2, 0) is 4.74 Å². The van der Waals surface area contributed by atoms with E-state index in [1.165, 1.54) is 18.4 Å². The van der Waals surface area contributed by atoms with Crippen molar-refractivity contribution in [3.63, 3.8) is 0 Å². The highest BCUT2D eigenvalue weighted by atomic mass is 16.6. The van der Waals surface area contributed by atoms with Gasteiger partial charge in [-0.05, 0) is 71.2 Å². The molecule has 1 aliphatic carbocycles. The topological polar surface area (TPSA) is 45.7 Å². The molecule has 1 atom stereocenters. The van der Waals surface area contributed by atoms with Gasteiger partial charge in [-0.3, -0.25) is 9.80 Å². The Kier molecular flexibility index (Phi) is 4.81. The predicted octanol–water partition coefficient (Wildman–Crippen LogP) is 4.14. The molecule has 0 bridgehead atoms. The highest BCUT2D eigenvalue weighted by molar-refractivity contribution is 5.88. The molecule has 5 nitrogen and oxygen atoms in total. The molecule has 1 amide bonds. The summed E-state index contributed by atoms with van der Waals surface area (Å²) in [6.45, 7) is 10.1. The summed E-state index contributed by atoms with van der Waals surface area (Å²) in [6.07, 6.45) is 6.12. The quantitative estimate of drug-likeness (QED) is 0.832. The first kappa shape index (κ1) is 17.2. The molecule has 0 radical (unpaired) electrons. The Hall–Kier alpha value is -1.62. The van der Waals surface area contributed by atoms with E-state index in [0.717, 1.165) is 25.9 Å². The number of carbonyl (C=O) groups excluding carboxylic acids is 1. The minimum atomic E-state index is -0.490. The lowest BCUT2D eigenvalue weighted by molar-refractivity contribution is 0.0576. The molecule has 1 saturated carbocycles. The number of carbonyl (C=O) groups is 1. The zero-order chi connectivity index (χ0) is 17.3. The van der Waals surface area contributed by atoms with Gasteiger partial charge in [0, 0.05) is 18.3 Å². The number of aromatic nitrogens is 1. The molecule has 2 aliphatic rings. The van der Waals surface area contributed by atoms with Crippen LogP contribution in [0.3, 0.4) is 0 Å². The van der Waals surface area contributed by atoms with Crippen molar-refractivity contribution in [2.45, 2.75) is 71.1 Å². The maximum Gasteiger partial charge on any atom is 0.416 e. The molecular weight excluding hydrogens is 302 g/mol. The van der Waals surface area contributed by atoms with Crippen molar-refractivity contribution < 1.29 is 9.53 Å². The van der Waals surface area contributed by atoms with E-state index >= 15 is 0 Å². The summed E-state index contributed by atoms with van der Waals surface area (Å²) in [4.78, 5) is 21.4. The van der Waals surface area contributed by atoms with Crippen LogP contribution in [0.25, 0.3) is 0 Å². The number of hydrogen-bond donors (Lipinski definition) is 0. The molecule has 1 saturated heterocycles. The van der Waals surface area contributed by atoms with Gasteiger partial charge in [0.15, 0.2) is 0 Å². The molecule has 5 heteroatoms. The Morgan fingerprint density at radius 3 is 2.62 bits per heavy atom. The average Bonchev–Trinajstić information content (AvgIpc) is 3.22. The maximum absolute atomic E-state index is 12.5. The Labute approximate surface area is 145 Å². The standard InChI is InChI=1S/C19H29N3O2/c1-5-21-12-6-7-16(21)14-8-11-17(20-13-14)22(15-9-10-15)18(23)24-19(2,3)4/h8,11,13,15-16H,5-7,9-10,12H2,1-4H3. The van der Waals surface area contributed by atoms with Gasteiger partial charge < -0.3 is 4.74 Å². The van der Waals surface area contributed by atoms with Gasteiger partial charge in [0.2, 0.25) is 0 Å². The Bertz CT molecular complexity index is 575. The molecule has 1 aromatic rings. The van der Waals surface area contributed by atoms with Crippen molar-refractivity contribution in [2.24, 2.45) is 0 Å². The summed E-state index contributed by atoms with van der Waals surface area (Å²) in [5.41, 5.74) is 0.758. The Morgan fingerprint density at radius 2 is 2.08 bits per heavy atom. The van der Waals surface area contributed by atoms with Crippen molar-refractivity contribution in [3.8, 4) is 0 Å². The average molecular weight is 331 g/mol. The zero-order valence-corrected chi connectivity index (χ0v) is 15.3. The van der Waals surface area contributed by atoms with Crippen LogP contribution in [-0.4, -0.2) is 40.7 Å². The van der Waals surface area contributed by atoms with E-state index in [1.54, 1.807) is 4.90 Å². The van der Waals surface area contributed by atoms with E-state index in [9.17, 15) is 4.79 Å². The summed E-state index contributed by atoms with van der Waals surface area (Å²) >= 11 is 0. The van der Waals surface area contributed by atoms with Gasteiger partial charge in [-0.25, -0.2) is 9.78 Å². The van der Waals surface area contributed by atoms with Crippen LogP contribution in [0.1, 0.15) is 65.0 Å². The predicted molar refractivity (Wildman–Crippen MR) is 95.2 cm³/mol. The SMILES string of the molecule is CCN1CCCC1c1ccc(N(C(=O)OC(C)(C)C)C2CC2)nc1. The summed E-state index contributed by atoms with van der Waals surface area (Å²) in [6, 6.07) is 4.80. The monoisotopic (exact) mass is 331 g/mol. The van der Waals surface area contributed by atoms with Crippen molar-refractivity contribution in [1.82, 2.24) is 9.88 Å². The van der Waals surface area contributed by atoms with Crippen LogP contribution < -0.4 is 4.90 Å². The summed E-state index contributed by atoms with van der Waals surface area (Å²) in [7, 11) is 0. The fourth-order valence-corrected chi connectivity index (χ4v) is 3.39. The highest BCUT2D eigenvalue weighted by Gasteiger charge is 2.37. The fourth-order valence-electron chi connectivity index (χ4n) is 3.39. The molecule has 0 aromatic carbocycles. The molecule has 24 heavy (non-hydrogen) atoms. The van der Waals surface area contributed by atoms with Gasteiger partial charge in [-0.1, -0.05) is 13.0 Å². The van der Waals surface area contributed by atoms with Crippen LogP contribution in [0.15, 0.2) is 18.3 Å². The summed E-state index contributed by atoms with van der Waals surface area (Å²) in [5.74, 6) is 0.705. The van der Waals surface area contributed by atoms with Gasteiger partial charge >= 0.3 is 6.09 Å². The van der Waals surface area contributed by atoms with Crippen molar-refractivity contribution >= 4 is 11.9 Å². The van der Waals surface area contributed by atoms with Gasteiger partial charge in [0.05, 0.1) is 0 Å². The largest absolute Gasteiger partial charge is 0.443 e. The fraction of sp³-hybridized carbons (Fsp3) is 0.684. The second-order valence-corrected chi connectivity index (χ2v) is 7.82. The number of anilines is 1. The van der Waals surface area contributed by atoms with E-state index in [2.05, 4.69) is 22.9 Å². The van der Waals surface area contributed by atoms with Crippen LogP contribution >= 0.6 is 0 Å². The van der Waals surface area contributed by atoms with E-state index in [-0.39, 0.29) is 12.1 Å². The first-order valence-corrected chi connectivity index (χ1v) is 9.11. The van der Waals surface area contributed by atoms with Gasteiger partial charge in [0.1, 0.15) is 11.4 Å². The molecule has 1 aliphatic heterocycles. The lowest BCUT2D eigenvalue weighted by Crippen LogP contribution is -2.38. The molecule has 3 rings (SSSR count). The first-order chi connectivity index (χ1) is 11.4. The number of ether oxygens (including phenoxy) is 1. The summed E-state index contributed by atoms with van der Waals surface area (Å²) < 4.78 is 5.56. The second kappa shape index (κ2) is 6.71. The lowest BCUT2D eigenvalue weighted by atomic mass is 10.1. The molecule has 132 valence electrons. The zero-order valence-electron chi connectivity index (χ0n) is 15.3. The number of nitrogens with zero attached hydrogens (tertiary/aromatic N) is 3. The van der Waals surface area contributed by atoms with E-state index < -0.39 is 5.60 Å². The minimum Gasteiger partial charge on any atom is -0.443 e. The molecule has 0 spiro atoms. The molecule has 2 heterocycles. The van der Waals surface area contributed by atoms with Crippen LogP contribution in [0.2, 0.25) is 0 Å². The number of pyridine rings is 1. The third-order valence-electron chi connectivity index (χ3n) is 4.67. The first-order valence-electron chi connectivity index (χ1n) is 9.11. The number of rotatable bonds is 4. The lowest BCUT2D eigenvalue weighted by Gasteiger charge is -2.27. The number of amides is 1. The van der Waals surface area contributed by atoms with Crippen LogP contribution in [0.5, 0.6) is 0 Å². The third-order valence-corrected chi connectivity index (χ3v) is 4.67. The van der Waals surface area contributed by atoms with E-state index in [1.807, 2.05) is 33.0 Å². The normalized spacial score (nSPS) is 21.8. The molecule has 2 fully saturated rings. The van der Waals surface area contributed by atoms with Crippen LogP contribution in [0.4, 0.5) is 10.6 Å². The van der Waals surface area contributed by atoms with Gasteiger partial charge in [0.25, 0.3) is 0 Å². The molecule has 1 aromatic heterocycles. The van der Waals surface area contributed by atoms with Crippen molar-refractivity contribution in [3.05, 3.63) is 23.9 Å². The Morgan fingerprint density at radius 1 is 1.33 bits per heavy atom. The smallest absolute Gasteiger partial charge is 0.416 e. The second-order valence-electron chi connectivity index (χ2n) is 7.82. The Balaban J connectivity index is 1.76. The number of hydrogen-bond acceptors (Lipinski definition) is 4. The number of likely N-dealkylation sites (tertiary alicyclic amines) is 1. The van der Waals surface area contributed by atoms with Gasteiger partial charge in [-0.15, -0.1) is 0 Å². The third kappa shape index (κ3) is 3.89. The van der Waals surface area contributed by atoms with Crippen LogP contribution in [0, 0.1) is 0 Å². The molecule has 1 unspecified atom stereocenters. The summed E-state index contributed by atoms with van der Waals surface area (Å²) in [5, 5.41) is 0. The molecule has 0 N–H and O–H groups in total. The van der Waals surface area contributed by atoms with Crippen molar-refractivity contribution in [1.29, 1.82) is 0 Å².